The first-order valence-corrected chi connectivity index (χ1v) is 5.00. The maximum absolute atomic E-state index is 8.73. The summed E-state index contributed by atoms with van der Waals surface area (Å²) in [4.78, 5) is 0. The molecule has 0 rings (SSSR count). The van der Waals surface area contributed by atoms with E-state index in [1.165, 1.54) is 0 Å². The summed E-state index contributed by atoms with van der Waals surface area (Å²) in [5.74, 6) is 0.658. The molecule has 2 atom stereocenters. The van der Waals surface area contributed by atoms with Gasteiger partial charge in [0.25, 0.3) is 0 Å². The standard InChI is InChI=1S/C10H22O3/c1-9(7-11)3-5-13-6-4-10(2)8-12/h9-12H,3-8H2,1-2H3. The molecule has 0 radical (unpaired) electrons. The van der Waals surface area contributed by atoms with Gasteiger partial charge in [0, 0.05) is 26.4 Å². The third kappa shape index (κ3) is 8.22. The molecule has 13 heavy (non-hydrogen) atoms. The van der Waals surface area contributed by atoms with E-state index in [4.69, 9.17) is 14.9 Å². The average Bonchev–Trinajstić information content (AvgIpc) is 2.16. The lowest BCUT2D eigenvalue weighted by Gasteiger charge is -2.10. The van der Waals surface area contributed by atoms with Crippen LogP contribution in [0.5, 0.6) is 0 Å². The highest BCUT2D eigenvalue weighted by Crippen LogP contribution is 2.03. The summed E-state index contributed by atoms with van der Waals surface area (Å²) < 4.78 is 5.36. The highest BCUT2D eigenvalue weighted by Gasteiger charge is 2.01. The van der Waals surface area contributed by atoms with Crippen molar-refractivity contribution in [2.75, 3.05) is 26.4 Å². The summed E-state index contributed by atoms with van der Waals surface area (Å²) in [6.45, 7) is 5.88. The Balaban J connectivity index is 3.08. The number of rotatable bonds is 8. The van der Waals surface area contributed by atoms with Crippen LogP contribution in [0.2, 0.25) is 0 Å². The Hall–Kier alpha value is -0.120. The minimum absolute atomic E-state index is 0.233. The Morgan fingerprint density at radius 1 is 0.923 bits per heavy atom. The van der Waals surface area contributed by atoms with E-state index in [9.17, 15) is 0 Å². The van der Waals surface area contributed by atoms with Gasteiger partial charge in [0.2, 0.25) is 0 Å². The molecular formula is C10H22O3. The molecule has 0 saturated carbocycles. The van der Waals surface area contributed by atoms with Gasteiger partial charge in [0.05, 0.1) is 0 Å². The normalized spacial score (nSPS) is 15.7. The number of ether oxygens (including phenoxy) is 1. The Morgan fingerprint density at radius 2 is 1.31 bits per heavy atom. The highest BCUT2D eigenvalue weighted by molar-refractivity contribution is 4.51. The van der Waals surface area contributed by atoms with Crippen LogP contribution in [0.4, 0.5) is 0 Å². The van der Waals surface area contributed by atoms with Crippen molar-refractivity contribution in [3.63, 3.8) is 0 Å². The van der Waals surface area contributed by atoms with Crippen molar-refractivity contribution in [3.8, 4) is 0 Å². The molecule has 2 unspecified atom stereocenters. The second-order valence-corrected chi connectivity index (χ2v) is 3.77. The van der Waals surface area contributed by atoms with E-state index < -0.39 is 0 Å². The van der Waals surface area contributed by atoms with Crippen molar-refractivity contribution in [3.05, 3.63) is 0 Å². The molecule has 0 aromatic heterocycles. The largest absolute Gasteiger partial charge is 0.396 e. The zero-order valence-electron chi connectivity index (χ0n) is 8.70. The van der Waals surface area contributed by atoms with E-state index in [0.717, 1.165) is 12.8 Å². The van der Waals surface area contributed by atoms with Crippen LogP contribution in [0, 0.1) is 11.8 Å². The average molecular weight is 190 g/mol. The Labute approximate surface area is 80.7 Å². The molecule has 0 saturated heterocycles. The Bertz CT molecular complexity index is 94.3. The minimum atomic E-state index is 0.233. The van der Waals surface area contributed by atoms with Crippen LogP contribution in [0.25, 0.3) is 0 Å². The van der Waals surface area contributed by atoms with Crippen LogP contribution in [-0.2, 0) is 4.74 Å². The molecule has 0 aromatic rings. The monoisotopic (exact) mass is 190 g/mol. The van der Waals surface area contributed by atoms with Gasteiger partial charge in [-0.05, 0) is 24.7 Å². The number of hydrogen-bond donors (Lipinski definition) is 2. The maximum atomic E-state index is 8.73. The molecule has 0 spiro atoms. The molecule has 0 aliphatic heterocycles. The van der Waals surface area contributed by atoms with Gasteiger partial charge in [-0.1, -0.05) is 13.8 Å². The SMILES string of the molecule is CC(CO)CCOCCC(C)CO. The smallest absolute Gasteiger partial charge is 0.0469 e. The fourth-order valence-electron chi connectivity index (χ4n) is 0.854. The lowest BCUT2D eigenvalue weighted by molar-refractivity contribution is 0.0925. The predicted molar refractivity (Wildman–Crippen MR) is 52.6 cm³/mol. The first kappa shape index (κ1) is 12.9. The van der Waals surface area contributed by atoms with E-state index in [2.05, 4.69) is 0 Å². The van der Waals surface area contributed by atoms with E-state index in [1.54, 1.807) is 0 Å². The zero-order valence-corrected chi connectivity index (χ0v) is 8.70. The molecule has 0 aromatic carbocycles. The number of aliphatic hydroxyl groups is 2. The number of aliphatic hydroxyl groups excluding tert-OH is 2. The third-order valence-corrected chi connectivity index (χ3v) is 2.13. The Morgan fingerprint density at radius 3 is 1.62 bits per heavy atom. The van der Waals surface area contributed by atoms with Crippen LogP contribution >= 0.6 is 0 Å². The maximum Gasteiger partial charge on any atom is 0.0469 e. The van der Waals surface area contributed by atoms with E-state index in [1.807, 2.05) is 13.8 Å². The van der Waals surface area contributed by atoms with E-state index >= 15 is 0 Å². The summed E-state index contributed by atoms with van der Waals surface area (Å²) >= 11 is 0. The molecule has 0 amide bonds. The fourth-order valence-corrected chi connectivity index (χ4v) is 0.854. The summed E-state index contributed by atoms with van der Waals surface area (Å²) in [6, 6.07) is 0. The molecule has 0 bridgehead atoms. The van der Waals surface area contributed by atoms with Gasteiger partial charge in [0.15, 0.2) is 0 Å². The van der Waals surface area contributed by atoms with Gasteiger partial charge in [-0.2, -0.15) is 0 Å². The van der Waals surface area contributed by atoms with Crippen LogP contribution in [0.3, 0.4) is 0 Å². The van der Waals surface area contributed by atoms with Crippen LogP contribution in [-0.4, -0.2) is 36.6 Å². The third-order valence-electron chi connectivity index (χ3n) is 2.13. The molecule has 3 nitrogen and oxygen atoms in total. The second-order valence-electron chi connectivity index (χ2n) is 3.77. The molecule has 2 N–H and O–H groups in total. The van der Waals surface area contributed by atoms with Gasteiger partial charge < -0.3 is 14.9 Å². The van der Waals surface area contributed by atoms with Crippen molar-refractivity contribution < 1.29 is 14.9 Å². The molecule has 0 heterocycles. The second kappa shape index (κ2) is 8.48. The van der Waals surface area contributed by atoms with E-state index in [0.29, 0.717) is 25.0 Å². The lowest BCUT2D eigenvalue weighted by Crippen LogP contribution is -2.09. The molecule has 0 fully saturated rings. The van der Waals surface area contributed by atoms with Crippen molar-refractivity contribution in [2.45, 2.75) is 26.7 Å². The minimum Gasteiger partial charge on any atom is -0.396 e. The van der Waals surface area contributed by atoms with Gasteiger partial charge >= 0.3 is 0 Å². The van der Waals surface area contributed by atoms with Crippen molar-refractivity contribution in [2.24, 2.45) is 11.8 Å². The topological polar surface area (TPSA) is 49.7 Å². The van der Waals surface area contributed by atoms with Crippen molar-refractivity contribution in [1.82, 2.24) is 0 Å². The van der Waals surface area contributed by atoms with Crippen molar-refractivity contribution in [1.29, 1.82) is 0 Å². The van der Waals surface area contributed by atoms with Crippen LogP contribution < -0.4 is 0 Å². The first-order valence-electron chi connectivity index (χ1n) is 5.00. The van der Waals surface area contributed by atoms with Crippen LogP contribution in [0.1, 0.15) is 26.7 Å². The summed E-state index contributed by atoms with van der Waals surface area (Å²) in [5.41, 5.74) is 0. The van der Waals surface area contributed by atoms with Crippen molar-refractivity contribution >= 4 is 0 Å². The molecule has 0 aliphatic rings. The highest BCUT2D eigenvalue weighted by atomic mass is 16.5. The molecule has 80 valence electrons. The molecule has 3 heteroatoms. The lowest BCUT2D eigenvalue weighted by atomic mass is 10.1. The first-order chi connectivity index (χ1) is 6.20. The molecule has 0 aliphatic carbocycles. The molecular weight excluding hydrogens is 168 g/mol. The number of hydrogen-bond acceptors (Lipinski definition) is 3. The van der Waals surface area contributed by atoms with Gasteiger partial charge in [-0.3, -0.25) is 0 Å². The van der Waals surface area contributed by atoms with Gasteiger partial charge in [-0.15, -0.1) is 0 Å². The van der Waals surface area contributed by atoms with Gasteiger partial charge in [-0.25, -0.2) is 0 Å². The zero-order chi connectivity index (χ0) is 10.1. The van der Waals surface area contributed by atoms with E-state index in [-0.39, 0.29) is 13.2 Å². The predicted octanol–water partition coefficient (Wildman–Crippen LogP) is 1.04. The summed E-state index contributed by atoms with van der Waals surface area (Å²) in [5, 5.41) is 17.5. The summed E-state index contributed by atoms with van der Waals surface area (Å²) in [6.07, 6.45) is 1.81. The van der Waals surface area contributed by atoms with Crippen LogP contribution in [0.15, 0.2) is 0 Å². The Kier molecular flexibility index (Phi) is 8.40. The van der Waals surface area contributed by atoms with Gasteiger partial charge in [0.1, 0.15) is 0 Å². The summed E-state index contributed by atoms with van der Waals surface area (Å²) in [7, 11) is 0. The fraction of sp³-hybridized carbons (Fsp3) is 1.00. The quantitative estimate of drug-likeness (QED) is 0.562.